The van der Waals surface area contributed by atoms with Crippen molar-refractivity contribution in [2.45, 2.75) is 26.4 Å². The van der Waals surface area contributed by atoms with E-state index in [-0.39, 0.29) is 5.97 Å². The zero-order valence-electron chi connectivity index (χ0n) is 13.1. The first-order chi connectivity index (χ1) is 10.3. The van der Waals surface area contributed by atoms with E-state index in [1.165, 1.54) is 7.11 Å². The van der Waals surface area contributed by atoms with Gasteiger partial charge in [0.1, 0.15) is 5.60 Å². The number of esters is 1. The number of ether oxygens (including phenoxy) is 2. The fourth-order valence-electron chi connectivity index (χ4n) is 1.99. The van der Waals surface area contributed by atoms with Crippen LogP contribution in [0, 0.1) is 0 Å². The Kier molecular flexibility index (Phi) is 4.35. The largest absolute Gasteiger partial charge is 0.465 e. The van der Waals surface area contributed by atoms with Crippen LogP contribution in [0.2, 0.25) is 0 Å². The molecule has 0 spiro atoms. The van der Waals surface area contributed by atoms with Gasteiger partial charge in [0.25, 0.3) is 0 Å². The van der Waals surface area contributed by atoms with Crippen molar-refractivity contribution < 1.29 is 19.1 Å². The molecule has 0 atom stereocenters. The Morgan fingerprint density at radius 1 is 1.00 bits per heavy atom. The summed E-state index contributed by atoms with van der Waals surface area (Å²) in [6.45, 7) is 5.42. The van der Waals surface area contributed by atoms with Crippen molar-refractivity contribution in [1.29, 1.82) is 0 Å². The van der Waals surface area contributed by atoms with Gasteiger partial charge in [0.15, 0.2) is 0 Å². The Morgan fingerprint density at radius 2 is 1.64 bits per heavy atom. The van der Waals surface area contributed by atoms with E-state index in [2.05, 4.69) is 5.32 Å². The van der Waals surface area contributed by atoms with Crippen molar-refractivity contribution in [1.82, 2.24) is 0 Å². The SMILES string of the molecule is COC(=O)c1ccc2cc(NC(=O)OC(C)(C)C)ccc2c1. The lowest BCUT2D eigenvalue weighted by Crippen LogP contribution is -2.27. The lowest BCUT2D eigenvalue weighted by molar-refractivity contribution is 0.0598. The van der Waals surface area contributed by atoms with Crippen molar-refractivity contribution in [3.8, 4) is 0 Å². The smallest absolute Gasteiger partial charge is 0.412 e. The van der Waals surface area contributed by atoms with Gasteiger partial charge < -0.3 is 9.47 Å². The molecule has 2 rings (SSSR count). The Balaban J connectivity index is 2.21. The summed E-state index contributed by atoms with van der Waals surface area (Å²) in [7, 11) is 1.35. The maximum absolute atomic E-state index is 11.8. The van der Waals surface area contributed by atoms with E-state index in [1.54, 1.807) is 39.0 Å². The first-order valence-electron chi connectivity index (χ1n) is 6.90. The maximum atomic E-state index is 11.8. The minimum Gasteiger partial charge on any atom is -0.465 e. The van der Waals surface area contributed by atoms with Crippen molar-refractivity contribution in [2.24, 2.45) is 0 Å². The highest BCUT2D eigenvalue weighted by molar-refractivity contribution is 5.97. The van der Waals surface area contributed by atoms with E-state index in [9.17, 15) is 9.59 Å². The minimum atomic E-state index is -0.545. The summed E-state index contributed by atoms with van der Waals surface area (Å²) in [6, 6.07) is 10.6. The van der Waals surface area contributed by atoms with Crippen molar-refractivity contribution in [2.75, 3.05) is 12.4 Å². The summed E-state index contributed by atoms with van der Waals surface area (Å²) in [5.41, 5.74) is 0.575. The molecule has 0 saturated heterocycles. The molecule has 2 aromatic carbocycles. The van der Waals surface area contributed by atoms with Crippen LogP contribution in [-0.2, 0) is 9.47 Å². The van der Waals surface area contributed by atoms with E-state index >= 15 is 0 Å². The first-order valence-corrected chi connectivity index (χ1v) is 6.90. The van der Waals surface area contributed by atoms with E-state index in [1.807, 2.05) is 18.2 Å². The van der Waals surface area contributed by atoms with Crippen molar-refractivity contribution in [3.05, 3.63) is 42.0 Å². The van der Waals surface area contributed by atoms with Gasteiger partial charge in [-0.05, 0) is 55.8 Å². The van der Waals surface area contributed by atoms with Crippen LogP contribution in [0.5, 0.6) is 0 Å². The van der Waals surface area contributed by atoms with Gasteiger partial charge >= 0.3 is 12.1 Å². The molecule has 0 aliphatic carbocycles. The maximum Gasteiger partial charge on any atom is 0.412 e. The molecule has 2 aromatic rings. The molecule has 0 unspecified atom stereocenters. The van der Waals surface area contributed by atoms with Crippen LogP contribution in [0.3, 0.4) is 0 Å². The number of methoxy groups -OCH3 is 1. The van der Waals surface area contributed by atoms with Crippen LogP contribution >= 0.6 is 0 Å². The van der Waals surface area contributed by atoms with Crippen LogP contribution in [-0.4, -0.2) is 24.8 Å². The molecule has 22 heavy (non-hydrogen) atoms. The molecule has 5 nitrogen and oxygen atoms in total. The highest BCUT2D eigenvalue weighted by Crippen LogP contribution is 2.21. The number of hydrogen-bond donors (Lipinski definition) is 1. The zero-order valence-corrected chi connectivity index (χ0v) is 13.1. The monoisotopic (exact) mass is 301 g/mol. The number of benzene rings is 2. The fraction of sp³-hybridized carbons (Fsp3) is 0.294. The molecular formula is C17H19NO4. The van der Waals surface area contributed by atoms with Gasteiger partial charge in [-0.25, -0.2) is 9.59 Å². The molecule has 0 fully saturated rings. The molecular weight excluding hydrogens is 282 g/mol. The van der Waals surface area contributed by atoms with E-state index in [0.717, 1.165) is 10.8 Å². The topological polar surface area (TPSA) is 64.6 Å². The predicted molar refractivity (Wildman–Crippen MR) is 85.1 cm³/mol. The van der Waals surface area contributed by atoms with E-state index in [4.69, 9.17) is 9.47 Å². The lowest BCUT2D eigenvalue weighted by atomic mass is 10.1. The van der Waals surface area contributed by atoms with Crippen LogP contribution in [0.1, 0.15) is 31.1 Å². The standard InChI is InChI=1S/C17H19NO4/c1-17(2,3)22-16(20)18-14-8-7-11-9-13(15(19)21-4)6-5-12(11)10-14/h5-10H,1-4H3,(H,18,20). The van der Waals surface area contributed by atoms with Crippen LogP contribution < -0.4 is 5.32 Å². The molecule has 0 bridgehead atoms. The lowest BCUT2D eigenvalue weighted by Gasteiger charge is -2.19. The average Bonchev–Trinajstić information content (AvgIpc) is 2.43. The second-order valence-electron chi connectivity index (χ2n) is 5.90. The van der Waals surface area contributed by atoms with Gasteiger partial charge in [0.05, 0.1) is 12.7 Å². The second-order valence-corrected chi connectivity index (χ2v) is 5.90. The predicted octanol–water partition coefficient (Wildman–Crippen LogP) is 3.97. The normalized spacial score (nSPS) is 11.1. The summed E-state index contributed by atoms with van der Waals surface area (Å²) < 4.78 is 9.90. The highest BCUT2D eigenvalue weighted by atomic mass is 16.6. The molecule has 1 N–H and O–H groups in total. The number of carbonyl (C=O) groups is 2. The van der Waals surface area contributed by atoms with Crippen molar-refractivity contribution >= 4 is 28.5 Å². The summed E-state index contributed by atoms with van der Waals surface area (Å²) >= 11 is 0. The fourth-order valence-corrected chi connectivity index (χ4v) is 1.99. The molecule has 116 valence electrons. The van der Waals surface area contributed by atoms with Gasteiger partial charge in [0.2, 0.25) is 0 Å². The van der Waals surface area contributed by atoms with Gasteiger partial charge in [-0.1, -0.05) is 12.1 Å². The number of fused-ring (bicyclic) bond motifs is 1. The highest BCUT2D eigenvalue weighted by Gasteiger charge is 2.16. The molecule has 0 heterocycles. The van der Waals surface area contributed by atoms with Gasteiger partial charge in [-0.3, -0.25) is 5.32 Å². The number of carbonyl (C=O) groups excluding carboxylic acids is 2. The molecule has 5 heteroatoms. The second kappa shape index (κ2) is 6.05. The quantitative estimate of drug-likeness (QED) is 0.852. The Hall–Kier alpha value is -2.56. The summed E-state index contributed by atoms with van der Waals surface area (Å²) in [5.74, 6) is -0.377. The molecule has 0 aliphatic heterocycles. The van der Waals surface area contributed by atoms with E-state index < -0.39 is 11.7 Å². The Morgan fingerprint density at radius 3 is 2.27 bits per heavy atom. The summed E-state index contributed by atoms with van der Waals surface area (Å²) in [6.07, 6.45) is -0.502. The van der Waals surface area contributed by atoms with Gasteiger partial charge in [-0.15, -0.1) is 0 Å². The van der Waals surface area contributed by atoms with Crippen LogP contribution in [0.4, 0.5) is 10.5 Å². The average molecular weight is 301 g/mol. The van der Waals surface area contributed by atoms with Crippen molar-refractivity contribution in [3.63, 3.8) is 0 Å². The third-order valence-corrected chi connectivity index (χ3v) is 2.91. The van der Waals surface area contributed by atoms with Gasteiger partial charge in [-0.2, -0.15) is 0 Å². The third kappa shape index (κ3) is 3.97. The molecule has 0 aromatic heterocycles. The number of hydrogen-bond acceptors (Lipinski definition) is 4. The van der Waals surface area contributed by atoms with Gasteiger partial charge in [0, 0.05) is 5.69 Å². The number of nitrogens with one attached hydrogen (secondary N) is 1. The van der Waals surface area contributed by atoms with E-state index in [0.29, 0.717) is 11.3 Å². The molecule has 0 aliphatic rings. The summed E-state index contributed by atoms with van der Waals surface area (Å²) in [5, 5.41) is 4.48. The number of rotatable bonds is 2. The minimum absolute atomic E-state index is 0.377. The summed E-state index contributed by atoms with van der Waals surface area (Å²) in [4.78, 5) is 23.3. The molecule has 0 radical (unpaired) electrons. The molecule has 1 amide bonds. The van der Waals surface area contributed by atoms with Crippen LogP contribution in [0.25, 0.3) is 10.8 Å². The number of anilines is 1. The first kappa shape index (κ1) is 15.8. The number of amides is 1. The van der Waals surface area contributed by atoms with Crippen LogP contribution in [0.15, 0.2) is 36.4 Å². The Bertz CT molecular complexity index is 716. The Labute approximate surface area is 129 Å². The third-order valence-electron chi connectivity index (χ3n) is 2.91. The molecule has 0 saturated carbocycles. The zero-order chi connectivity index (χ0) is 16.3.